The highest BCUT2D eigenvalue weighted by Gasteiger charge is 2.32. The molecule has 1 N–H and O–H groups in total. The number of ether oxygens (including phenoxy) is 1. The number of hydrogen-bond donors (Lipinski definition) is 1. The number of likely N-dealkylation sites (tertiary alicyclic amines) is 1. The summed E-state index contributed by atoms with van der Waals surface area (Å²) in [5, 5.41) is 3.49. The van der Waals surface area contributed by atoms with Crippen LogP contribution in [-0.4, -0.2) is 51.3 Å². The van der Waals surface area contributed by atoms with E-state index in [2.05, 4.69) is 17.1 Å². The van der Waals surface area contributed by atoms with E-state index in [1.54, 1.807) is 0 Å². The number of nitrogens with zero attached hydrogens (tertiary/aromatic N) is 1. The number of rotatable bonds is 4. The summed E-state index contributed by atoms with van der Waals surface area (Å²) in [4.78, 5) is 2.65. The maximum absolute atomic E-state index is 5.29. The van der Waals surface area contributed by atoms with E-state index in [0.29, 0.717) is 5.41 Å². The minimum atomic E-state index is 0. The van der Waals surface area contributed by atoms with E-state index in [9.17, 15) is 0 Å². The molecule has 3 nitrogen and oxygen atoms in total. The maximum atomic E-state index is 5.29. The van der Waals surface area contributed by atoms with Gasteiger partial charge in [0.05, 0.1) is 6.61 Å². The molecule has 0 bridgehead atoms. The minimum absolute atomic E-state index is 0. The summed E-state index contributed by atoms with van der Waals surface area (Å²) in [5.74, 6) is 0.761. The topological polar surface area (TPSA) is 24.5 Å². The maximum Gasteiger partial charge on any atom is 0.0502 e. The van der Waals surface area contributed by atoms with Crippen molar-refractivity contribution in [2.45, 2.75) is 26.2 Å². The minimum Gasteiger partial charge on any atom is -0.384 e. The molecule has 4 heteroatoms. The lowest BCUT2D eigenvalue weighted by molar-refractivity contribution is 0.0707. The van der Waals surface area contributed by atoms with Gasteiger partial charge >= 0.3 is 0 Å². The number of hydrogen-bond acceptors (Lipinski definition) is 3. The van der Waals surface area contributed by atoms with Gasteiger partial charge in [-0.25, -0.2) is 0 Å². The molecule has 102 valence electrons. The zero-order chi connectivity index (χ0) is 11.4. The fourth-order valence-electron chi connectivity index (χ4n) is 3.21. The first kappa shape index (κ1) is 15.2. The Balaban J connectivity index is 0.00000144. The average Bonchev–Trinajstić information content (AvgIpc) is 2.66. The van der Waals surface area contributed by atoms with E-state index in [1.807, 2.05) is 7.11 Å². The molecule has 17 heavy (non-hydrogen) atoms. The van der Waals surface area contributed by atoms with Gasteiger partial charge in [-0.15, -0.1) is 12.4 Å². The van der Waals surface area contributed by atoms with E-state index < -0.39 is 0 Å². The van der Waals surface area contributed by atoms with Crippen molar-refractivity contribution >= 4 is 12.4 Å². The highest BCUT2D eigenvalue weighted by molar-refractivity contribution is 5.85. The van der Waals surface area contributed by atoms with E-state index in [-0.39, 0.29) is 12.4 Å². The molecule has 0 aromatic heterocycles. The molecule has 0 saturated carbocycles. The van der Waals surface area contributed by atoms with Crippen LogP contribution in [0.4, 0.5) is 0 Å². The average molecular weight is 263 g/mol. The summed E-state index contributed by atoms with van der Waals surface area (Å²) in [6.07, 6.45) is 4.02. The van der Waals surface area contributed by atoms with Gasteiger partial charge in [0.1, 0.15) is 0 Å². The summed E-state index contributed by atoms with van der Waals surface area (Å²) >= 11 is 0. The molecule has 2 fully saturated rings. The van der Waals surface area contributed by atoms with Gasteiger partial charge < -0.3 is 15.0 Å². The van der Waals surface area contributed by atoms with Crippen LogP contribution < -0.4 is 5.32 Å². The molecule has 2 saturated heterocycles. The third-order valence-electron chi connectivity index (χ3n) is 4.07. The number of piperidine rings is 1. The van der Waals surface area contributed by atoms with E-state index in [0.717, 1.165) is 12.5 Å². The van der Waals surface area contributed by atoms with Crippen molar-refractivity contribution in [3.8, 4) is 0 Å². The van der Waals surface area contributed by atoms with Crippen molar-refractivity contribution in [1.82, 2.24) is 10.2 Å². The summed E-state index contributed by atoms with van der Waals surface area (Å²) in [5.41, 5.74) is 0.509. The van der Waals surface area contributed by atoms with Crippen molar-refractivity contribution in [2.75, 3.05) is 46.4 Å². The molecule has 0 amide bonds. The van der Waals surface area contributed by atoms with Crippen LogP contribution >= 0.6 is 12.4 Å². The number of nitrogens with one attached hydrogen (secondary N) is 1. The lowest BCUT2D eigenvalue weighted by atomic mass is 9.87. The predicted molar refractivity (Wildman–Crippen MR) is 73.9 cm³/mol. The largest absolute Gasteiger partial charge is 0.384 e. The Morgan fingerprint density at radius 3 is 2.94 bits per heavy atom. The van der Waals surface area contributed by atoms with Crippen LogP contribution in [0.2, 0.25) is 0 Å². The predicted octanol–water partition coefficient (Wildman–Crippen LogP) is 1.77. The fraction of sp³-hybridized carbons (Fsp3) is 1.00. The van der Waals surface area contributed by atoms with Crippen LogP contribution in [0.15, 0.2) is 0 Å². The first-order chi connectivity index (χ1) is 7.72. The van der Waals surface area contributed by atoms with Crippen molar-refractivity contribution < 1.29 is 4.74 Å². The highest BCUT2D eigenvalue weighted by atomic mass is 35.5. The monoisotopic (exact) mass is 262 g/mol. The van der Waals surface area contributed by atoms with Crippen LogP contribution in [0.1, 0.15) is 26.2 Å². The molecule has 0 aromatic carbocycles. The first-order valence-corrected chi connectivity index (χ1v) is 6.64. The lowest BCUT2D eigenvalue weighted by Crippen LogP contribution is -2.43. The lowest BCUT2D eigenvalue weighted by Gasteiger charge is -2.37. The molecule has 2 aliphatic heterocycles. The zero-order valence-electron chi connectivity index (χ0n) is 11.2. The van der Waals surface area contributed by atoms with Crippen LogP contribution in [-0.2, 0) is 4.74 Å². The highest BCUT2D eigenvalue weighted by Crippen LogP contribution is 2.28. The van der Waals surface area contributed by atoms with Crippen molar-refractivity contribution in [1.29, 1.82) is 0 Å². The van der Waals surface area contributed by atoms with E-state index >= 15 is 0 Å². The second-order valence-corrected chi connectivity index (χ2v) is 5.94. The van der Waals surface area contributed by atoms with Crippen molar-refractivity contribution in [3.05, 3.63) is 0 Å². The van der Waals surface area contributed by atoms with Crippen LogP contribution in [0.3, 0.4) is 0 Å². The number of halogens is 1. The normalized spacial score (nSPS) is 34.6. The summed E-state index contributed by atoms with van der Waals surface area (Å²) in [6.45, 7) is 9.54. The Labute approximate surface area is 112 Å². The third kappa shape index (κ3) is 4.40. The van der Waals surface area contributed by atoms with Crippen LogP contribution in [0.5, 0.6) is 0 Å². The molecule has 0 radical (unpaired) electrons. The SMILES string of the molecule is COCC1CCCN(CC2(C)CCNC2)C1.Cl. The molecule has 0 aromatic rings. The van der Waals surface area contributed by atoms with Gasteiger partial charge in [0.2, 0.25) is 0 Å². The molecule has 2 heterocycles. The van der Waals surface area contributed by atoms with Crippen molar-refractivity contribution in [2.24, 2.45) is 11.3 Å². The van der Waals surface area contributed by atoms with Gasteiger partial charge in [-0.1, -0.05) is 6.92 Å². The second kappa shape index (κ2) is 6.93. The quantitative estimate of drug-likeness (QED) is 0.836. The van der Waals surface area contributed by atoms with E-state index in [1.165, 1.54) is 52.0 Å². The Kier molecular flexibility index (Phi) is 6.21. The molecule has 2 rings (SSSR count). The van der Waals surface area contributed by atoms with Crippen molar-refractivity contribution in [3.63, 3.8) is 0 Å². The molecular formula is C13H27ClN2O. The standard InChI is InChI=1S/C13H26N2O.ClH/c1-13(5-6-14-10-13)11-15-7-3-4-12(8-15)9-16-2;/h12,14H,3-11H2,1-2H3;1H. The molecule has 0 aliphatic carbocycles. The van der Waals surface area contributed by atoms with E-state index in [4.69, 9.17) is 4.74 Å². The number of methoxy groups -OCH3 is 1. The van der Waals surface area contributed by atoms with Gasteiger partial charge in [-0.05, 0) is 43.7 Å². The van der Waals surface area contributed by atoms with Gasteiger partial charge in [0.15, 0.2) is 0 Å². The molecule has 2 unspecified atom stereocenters. The smallest absolute Gasteiger partial charge is 0.0502 e. The molecular weight excluding hydrogens is 236 g/mol. The van der Waals surface area contributed by atoms with Gasteiger partial charge in [0.25, 0.3) is 0 Å². The van der Waals surface area contributed by atoms with Crippen LogP contribution in [0.25, 0.3) is 0 Å². The van der Waals surface area contributed by atoms with Gasteiger partial charge in [-0.3, -0.25) is 0 Å². The fourth-order valence-corrected chi connectivity index (χ4v) is 3.21. The summed E-state index contributed by atoms with van der Waals surface area (Å²) < 4.78 is 5.29. The molecule has 2 aliphatic rings. The summed E-state index contributed by atoms with van der Waals surface area (Å²) in [6, 6.07) is 0. The second-order valence-electron chi connectivity index (χ2n) is 5.94. The Hall–Kier alpha value is 0.170. The molecule has 2 atom stereocenters. The third-order valence-corrected chi connectivity index (χ3v) is 4.07. The zero-order valence-corrected chi connectivity index (χ0v) is 12.0. The molecule has 0 spiro atoms. The van der Waals surface area contributed by atoms with Gasteiger partial charge in [0, 0.05) is 26.7 Å². The first-order valence-electron chi connectivity index (χ1n) is 6.64. The Morgan fingerprint density at radius 1 is 1.47 bits per heavy atom. The van der Waals surface area contributed by atoms with Crippen LogP contribution in [0, 0.1) is 11.3 Å². The Bertz CT molecular complexity index is 217. The Morgan fingerprint density at radius 2 is 2.29 bits per heavy atom. The summed E-state index contributed by atoms with van der Waals surface area (Å²) in [7, 11) is 1.82. The van der Waals surface area contributed by atoms with Gasteiger partial charge in [-0.2, -0.15) is 0 Å².